The number of nitrogens with one attached hydrogen (secondary N) is 1. The highest BCUT2D eigenvalue weighted by Crippen LogP contribution is 2.25. The molecule has 6 nitrogen and oxygen atoms in total. The minimum Gasteiger partial charge on any atom is -0.375 e. The molecule has 1 aromatic heterocycles. The van der Waals surface area contributed by atoms with Gasteiger partial charge in [-0.05, 0) is 63.1 Å². The number of amides is 1. The molecule has 3 rings (SSSR count). The summed E-state index contributed by atoms with van der Waals surface area (Å²) in [7, 11) is 2.03. The maximum atomic E-state index is 12.5. The Balaban J connectivity index is 1.71. The normalized spacial score (nSPS) is 10.8. The molecule has 0 bridgehead atoms. The third-order valence-corrected chi connectivity index (χ3v) is 5.71. The number of hydrogen-bond acceptors (Lipinski definition) is 5. The van der Waals surface area contributed by atoms with Gasteiger partial charge in [0.25, 0.3) is 0 Å². The van der Waals surface area contributed by atoms with Crippen LogP contribution in [-0.4, -0.2) is 40.0 Å². The van der Waals surface area contributed by atoms with E-state index >= 15 is 0 Å². The van der Waals surface area contributed by atoms with Crippen molar-refractivity contribution >= 4 is 29.0 Å². The van der Waals surface area contributed by atoms with Gasteiger partial charge in [0.05, 0.1) is 11.4 Å². The summed E-state index contributed by atoms with van der Waals surface area (Å²) in [6, 6.07) is 14.2. The van der Waals surface area contributed by atoms with Crippen molar-refractivity contribution in [2.75, 3.05) is 29.6 Å². The molecular formula is C22H27N5OS. The monoisotopic (exact) mass is 409 g/mol. The van der Waals surface area contributed by atoms with E-state index in [1.54, 1.807) is 0 Å². The van der Waals surface area contributed by atoms with E-state index in [2.05, 4.69) is 59.4 Å². The lowest BCUT2D eigenvalue weighted by atomic mass is 10.1. The number of carbonyl (C=O) groups excluding carboxylic acids is 1. The lowest BCUT2D eigenvalue weighted by molar-refractivity contribution is -0.113. The van der Waals surface area contributed by atoms with Crippen molar-refractivity contribution in [3.63, 3.8) is 0 Å². The van der Waals surface area contributed by atoms with Gasteiger partial charge in [-0.25, -0.2) is 0 Å². The molecule has 0 saturated heterocycles. The molecule has 0 aliphatic rings. The molecule has 0 aliphatic carbocycles. The molecule has 152 valence electrons. The number of anilines is 2. The van der Waals surface area contributed by atoms with E-state index in [9.17, 15) is 4.79 Å². The van der Waals surface area contributed by atoms with Crippen LogP contribution >= 0.6 is 11.8 Å². The molecule has 29 heavy (non-hydrogen) atoms. The Morgan fingerprint density at radius 2 is 1.93 bits per heavy atom. The van der Waals surface area contributed by atoms with Crippen molar-refractivity contribution in [3.05, 3.63) is 59.4 Å². The van der Waals surface area contributed by atoms with Gasteiger partial charge in [0.1, 0.15) is 5.82 Å². The second-order valence-corrected chi connectivity index (χ2v) is 8.00. The predicted molar refractivity (Wildman–Crippen MR) is 120 cm³/mol. The van der Waals surface area contributed by atoms with Gasteiger partial charge in [-0.2, -0.15) is 0 Å². The number of thioether (sulfide) groups is 1. The lowest BCUT2D eigenvalue weighted by Gasteiger charge is -2.17. The standard InChI is InChI=1S/C22H27N5OS/c1-6-26(5)19-9-7-8-18(13-19)23-21(28)14-29-22-25-24-17(4)27(22)20-12-15(2)10-11-16(20)3/h7-13H,6,14H2,1-5H3,(H,23,28). The Bertz CT molecular complexity index is 1010. The number of carbonyl (C=O) groups is 1. The zero-order valence-electron chi connectivity index (χ0n) is 17.6. The summed E-state index contributed by atoms with van der Waals surface area (Å²) < 4.78 is 2.01. The Kier molecular flexibility index (Phi) is 6.59. The second-order valence-electron chi connectivity index (χ2n) is 7.06. The first-order valence-electron chi connectivity index (χ1n) is 9.62. The highest BCUT2D eigenvalue weighted by molar-refractivity contribution is 7.99. The van der Waals surface area contributed by atoms with Crippen LogP contribution in [0.15, 0.2) is 47.6 Å². The molecule has 2 aromatic carbocycles. The first-order chi connectivity index (χ1) is 13.9. The summed E-state index contributed by atoms with van der Waals surface area (Å²) in [5.41, 5.74) is 5.22. The van der Waals surface area contributed by atoms with Crippen LogP contribution < -0.4 is 10.2 Å². The molecule has 7 heteroatoms. The van der Waals surface area contributed by atoms with E-state index < -0.39 is 0 Å². The fourth-order valence-electron chi connectivity index (χ4n) is 3.00. The van der Waals surface area contributed by atoms with Crippen molar-refractivity contribution < 1.29 is 4.79 Å². The maximum absolute atomic E-state index is 12.5. The molecule has 0 atom stereocenters. The van der Waals surface area contributed by atoms with Crippen molar-refractivity contribution in [2.24, 2.45) is 0 Å². The van der Waals surface area contributed by atoms with Crippen molar-refractivity contribution in [1.82, 2.24) is 14.8 Å². The number of nitrogens with zero attached hydrogens (tertiary/aromatic N) is 4. The number of aryl methyl sites for hydroxylation is 3. The van der Waals surface area contributed by atoms with Crippen LogP contribution in [0.2, 0.25) is 0 Å². The van der Waals surface area contributed by atoms with Crippen LogP contribution in [0.25, 0.3) is 5.69 Å². The molecule has 0 aliphatic heterocycles. The van der Waals surface area contributed by atoms with Crippen LogP contribution in [0.4, 0.5) is 11.4 Å². The second kappa shape index (κ2) is 9.13. The van der Waals surface area contributed by atoms with E-state index in [1.807, 2.05) is 42.8 Å². The van der Waals surface area contributed by atoms with Gasteiger partial charge in [0, 0.05) is 25.0 Å². The van der Waals surface area contributed by atoms with Gasteiger partial charge in [-0.1, -0.05) is 30.0 Å². The molecular weight excluding hydrogens is 382 g/mol. The van der Waals surface area contributed by atoms with E-state index in [0.717, 1.165) is 35.0 Å². The molecule has 3 aromatic rings. The maximum Gasteiger partial charge on any atom is 0.234 e. The molecule has 0 fully saturated rings. The quantitative estimate of drug-likeness (QED) is 0.587. The minimum atomic E-state index is -0.0699. The topological polar surface area (TPSA) is 63.1 Å². The lowest BCUT2D eigenvalue weighted by Crippen LogP contribution is -2.17. The molecule has 0 unspecified atom stereocenters. The molecule has 1 heterocycles. The molecule has 1 N–H and O–H groups in total. The average molecular weight is 410 g/mol. The summed E-state index contributed by atoms with van der Waals surface area (Å²) in [5, 5.41) is 12.2. The molecule has 0 radical (unpaired) electrons. The summed E-state index contributed by atoms with van der Waals surface area (Å²) in [6.45, 7) is 9.05. The number of rotatable bonds is 7. The van der Waals surface area contributed by atoms with Crippen molar-refractivity contribution in [2.45, 2.75) is 32.9 Å². The zero-order chi connectivity index (χ0) is 21.0. The summed E-state index contributed by atoms with van der Waals surface area (Å²) in [6.07, 6.45) is 0. The van der Waals surface area contributed by atoms with Gasteiger partial charge in [-0.15, -0.1) is 10.2 Å². The fourth-order valence-corrected chi connectivity index (χ4v) is 3.80. The van der Waals surface area contributed by atoms with Gasteiger partial charge in [0.2, 0.25) is 5.91 Å². The van der Waals surface area contributed by atoms with Crippen LogP contribution in [0, 0.1) is 20.8 Å². The predicted octanol–water partition coefficient (Wildman–Crippen LogP) is 4.38. The highest BCUT2D eigenvalue weighted by Gasteiger charge is 2.15. The largest absolute Gasteiger partial charge is 0.375 e. The number of benzene rings is 2. The van der Waals surface area contributed by atoms with Crippen LogP contribution in [0.3, 0.4) is 0 Å². The zero-order valence-corrected chi connectivity index (χ0v) is 18.4. The van der Waals surface area contributed by atoms with Gasteiger partial charge in [-0.3, -0.25) is 9.36 Å². The van der Waals surface area contributed by atoms with E-state index in [0.29, 0.717) is 5.16 Å². The van der Waals surface area contributed by atoms with Crippen LogP contribution in [-0.2, 0) is 4.79 Å². The van der Waals surface area contributed by atoms with Crippen LogP contribution in [0.1, 0.15) is 23.9 Å². The Morgan fingerprint density at radius 3 is 2.69 bits per heavy atom. The van der Waals surface area contributed by atoms with Crippen molar-refractivity contribution in [1.29, 1.82) is 0 Å². The first kappa shape index (κ1) is 20.9. The number of hydrogen-bond donors (Lipinski definition) is 1. The molecule has 1 amide bonds. The minimum absolute atomic E-state index is 0.0699. The summed E-state index contributed by atoms with van der Waals surface area (Å²) >= 11 is 1.39. The SMILES string of the molecule is CCN(C)c1cccc(NC(=O)CSc2nnc(C)n2-c2cc(C)ccc2C)c1. The Hall–Kier alpha value is -2.80. The van der Waals surface area contributed by atoms with Gasteiger partial charge < -0.3 is 10.2 Å². The first-order valence-corrected chi connectivity index (χ1v) is 10.6. The van der Waals surface area contributed by atoms with E-state index in [4.69, 9.17) is 0 Å². The smallest absolute Gasteiger partial charge is 0.234 e. The van der Waals surface area contributed by atoms with Crippen LogP contribution in [0.5, 0.6) is 0 Å². The van der Waals surface area contributed by atoms with Gasteiger partial charge in [0.15, 0.2) is 5.16 Å². The molecule has 0 spiro atoms. The molecule has 0 saturated carbocycles. The van der Waals surface area contributed by atoms with Crippen molar-refractivity contribution in [3.8, 4) is 5.69 Å². The third-order valence-electron chi connectivity index (χ3n) is 4.78. The van der Waals surface area contributed by atoms with E-state index in [-0.39, 0.29) is 11.7 Å². The highest BCUT2D eigenvalue weighted by atomic mass is 32.2. The summed E-state index contributed by atoms with van der Waals surface area (Å²) in [5.74, 6) is 0.994. The Morgan fingerprint density at radius 1 is 1.14 bits per heavy atom. The average Bonchev–Trinajstić information content (AvgIpc) is 3.08. The third kappa shape index (κ3) is 4.98. The summed E-state index contributed by atoms with van der Waals surface area (Å²) in [4.78, 5) is 14.6. The fraction of sp³-hybridized carbons (Fsp3) is 0.318. The number of aromatic nitrogens is 3. The Labute approximate surface area is 176 Å². The van der Waals surface area contributed by atoms with Gasteiger partial charge >= 0.3 is 0 Å². The van der Waals surface area contributed by atoms with E-state index in [1.165, 1.54) is 17.3 Å².